The molecular formula is C22H29N3O4S. The summed E-state index contributed by atoms with van der Waals surface area (Å²) in [6, 6.07) is 12.2. The lowest BCUT2D eigenvalue weighted by Crippen LogP contribution is -2.34. The van der Waals surface area contributed by atoms with Crippen LogP contribution in [0.25, 0.3) is 0 Å². The highest BCUT2D eigenvalue weighted by molar-refractivity contribution is 7.88. The molecule has 2 aliphatic rings. The molecule has 0 bridgehead atoms. The van der Waals surface area contributed by atoms with E-state index >= 15 is 0 Å². The summed E-state index contributed by atoms with van der Waals surface area (Å²) in [6.07, 6.45) is 3.18. The lowest BCUT2D eigenvalue weighted by molar-refractivity contribution is 0.149. The van der Waals surface area contributed by atoms with E-state index in [1.54, 1.807) is 11.4 Å². The fraction of sp³-hybridized carbons (Fsp3) is 0.500. The number of hydrogen-bond donors (Lipinski definition) is 0. The fourth-order valence-corrected chi connectivity index (χ4v) is 4.96. The number of benzene rings is 1. The third-order valence-corrected chi connectivity index (χ3v) is 6.95. The molecule has 7 nitrogen and oxygen atoms in total. The smallest absolute Gasteiger partial charge is 0.213 e. The van der Waals surface area contributed by atoms with E-state index in [0.29, 0.717) is 32.1 Å². The van der Waals surface area contributed by atoms with Crippen molar-refractivity contribution in [2.45, 2.75) is 51.5 Å². The van der Waals surface area contributed by atoms with Crippen molar-refractivity contribution in [1.29, 1.82) is 0 Å². The zero-order valence-electron chi connectivity index (χ0n) is 17.7. The number of aromatic nitrogens is 1. The SMILES string of the molecule is COc1cccc(CN2Cc3cc(CN(C4CC4)S(C)(=O)=O)ccc3OC[C@@H]2C)n1. The Bertz CT molecular complexity index is 1010. The number of pyridine rings is 1. The van der Waals surface area contributed by atoms with Crippen LogP contribution in [0.2, 0.25) is 0 Å². The Labute approximate surface area is 178 Å². The number of rotatable bonds is 7. The summed E-state index contributed by atoms with van der Waals surface area (Å²) in [6.45, 7) is 4.54. The summed E-state index contributed by atoms with van der Waals surface area (Å²) in [5.74, 6) is 1.47. The van der Waals surface area contributed by atoms with Crippen LogP contribution in [0.1, 0.15) is 36.6 Å². The minimum absolute atomic E-state index is 0.144. The van der Waals surface area contributed by atoms with Gasteiger partial charge < -0.3 is 9.47 Å². The van der Waals surface area contributed by atoms with Gasteiger partial charge in [-0.05, 0) is 43.5 Å². The van der Waals surface area contributed by atoms with E-state index in [4.69, 9.17) is 9.47 Å². The lowest BCUT2D eigenvalue weighted by Gasteiger charge is -2.26. The molecule has 0 N–H and O–H groups in total. The second-order valence-electron chi connectivity index (χ2n) is 8.22. The van der Waals surface area contributed by atoms with Gasteiger partial charge >= 0.3 is 0 Å². The van der Waals surface area contributed by atoms with Crippen LogP contribution >= 0.6 is 0 Å². The molecule has 0 amide bonds. The van der Waals surface area contributed by atoms with E-state index in [0.717, 1.165) is 35.4 Å². The quantitative estimate of drug-likeness (QED) is 0.671. The van der Waals surface area contributed by atoms with Crippen LogP contribution in [0.4, 0.5) is 0 Å². The molecule has 1 aliphatic heterocycles. The summed E-state index contributed by atoms with van der Waals surface area (Å²) >= 11 is 0. The van der Waals surface area contributed by atoms with Gasteiger partial charge in [-0.25, -0.2) is 13.4 Å². The zero-order chi connectivity index (χ0) is 21.3. The van der Waals surface area contributed by atoms with Gasteiger partial charge in [-0.3, -0.25) is 4.90 Å². The van der Waals surface area contributed by atoms with Gasteiger partial charge in [0.25, 0.3) is 0 Å². The van der Waals surface area contributed by atoms with Crippen molar-refractivity contribution < 1.29 is 17.9 Å². The molecule has 1 aromatic carbocycles. The van der Waals surface area contributed by atoms with Crippen LogP contribution in [0.15, 0.2) is 36.4 Å². The molecule has 0 unspecified atom stereocenters. The first-order valence-electron chi connectivity index (χ1n) is 10.3. The second kappa shape index (κ2) is 8.53. The van der Waals surface area contributed by atoms with Crippen molar-refractivity contribution in [1.82, 2.24) is 14.2 Å². The van der Waals surface area contributed by atoms with Crippen molar-refractivity contribution in [2.24, 2.45) is 0 Å². The van der Waals surface area contributed by atoms with Crippen molar-refractivity contribution >= 4 is 10.0 Å². The summed E-state index contributed by atoms with van der Waals surface area (Å²) in [5.41, 5.74) is 3.01. The van der Waals surface area contributed by atoms with Crippen LogP contribution in [-0.4, -0.2) is 54.7 Å². The van der Waals surface area contributed by atoms with Gasteiger partial charge in [-0.1, -0.05) is 12.1 Å². The predicted octanol–water partition coefficient (Wildman–Crippen LogP) is 2.80. The van der Waals surface area contributed by atoms with E-state index in [1.807, 2.05) is 30.3 Å². The minimum Gasteiger partial charge on any atom is -0.492 e. The van der Waals surface area contributed by atoms with Crippen LogP contribution in [0.5, 0.6) is 11.6 Å². The zero-order valence-corrected chi connectivity index (χ0v) is 18.6. The molecule has 1 atom stereocenters. The Balaban J connectivity index is 1.54. The molecule has 1 aliphatic carbocycles. The summed E-state index contributed by atoms with van der Waals surface area (Å²) in [5, 5.41) is 0. The molecule has 0 spiro atoms. The molecule has 2 heterocycles. The second-order valence-corrected chi connectivity index (χ2v) is 10.2. The van der Waals surface area contributed by atoms with Crippen LogP contribution in [0, 0.1) is 0 Å². The largest absolute Gasteiger partial charge is 0.492 e. The van der Waals surface area contributed by atoms with E-state index in [-0.39, 0.29) is 12.1 Å². The topological polar surface area (TPSA) is 72.0 Å². The van der Waals surface area contributed by atoms with Gasteiger partial charge in [0.05, 0.1) is 19.1 Å². The average molecular weight is 432 g/mol. The van der Waals surface area contributed by atoms with Gasteiger partial charge in [0, 0.05) is 43.3 Å². The predicted molar refractivity (Wildman–Crippen MR) is 115 cm³/mol. The molecule has 8 heteroatoms. The Morgan fingerprint density at radius 1 is 1.27 bits per heavy atom. The number of sulfonamides is 1. The Hall–Kier alpha value is -2.16. The number of methoxy groups -OCH3 is 1. The van der Waals surface area contributed by atoms with Crippen LogP contribution < -0.4 is 9.47 Å². The van der Waals surface area contributed by atoms with Gasteiger partial charge in [0.15, 0.2) is 0 Å². The van der Waals surface area contributed by atoms with Gasteiger partial charge in [-0.15, -0.1) is 0 Å². The summed E-state index contributed by atoms with van der Waals surface area (Å²) < 4.78 is 37.3. The van der Waals surface area contributed by atoms with Crippen molar-refractivity contribution in [3.63, 3.8) is 0 Å². The molecule has 0 radical (unpaired) electrons. The van der Waals surface area contributed by atoms with Crippen molar-refractivity contribution in [3.8, 4) is 11.6 Å². The first-order valence-corrected chi connectivity index (χ1v) is 12.1. The third-order valence-electron chi connectivity index (χ3n) is 5.68. The van der Waals surface area contributed by atoms with Gasteiger partial charge in [0.2, 0.25) is 15.9 Å². The molecule has 0 saturated heterocycles. The molecule has 30 heavy (non-hydrogen) atoms. The Morgan fingerprint density at radius 3 is 2.77 bits per heavy atom. The Kier molecular flexibility index (Phi) is 5.99. The number of hydrogen-bond acceptors (Lipinski definition) is 6. The van der Waals surface area contributed by atoms with Crippen molar-refractivity contribution in [3.05, 3.63) is 53.2 Å². The van der Waals surface area contributed by atoms with E-state index in [1.165, 1.54) is 6.26 Å². The Morgan fingerprint density at radius 2 is 2.07 bits per heavy atom. The molecule has 2 aromatic rings. The normalized spacial score (nSPS) is 19.8. The highest BCUT2D eigenvalue weighted by atomic mass is 32.2. The molecule has 4 rings (SSSR count). The molecular weight excluding hydrogens is 402 g/mol. The van der Waals surface area contributed by atoms with Crippen molar-refractivity contribution in [2.75, 3.05) is 20.0 Å². The standard InChI is InChI=1S/C22H29N3O4S/c1-16-15-29-21-10-7-17(12-25(20-8-9-20)30(3,26)27)11-18(21)13-24(16)14-19-5-4-6-22(23-19)28-2/h4-7,10-11,16,20H,8-9,12-15H2,1-3H3/t16-/m0/s1. The third kappa shape index (κ3) is 4.94. The average Bonchev–Trinajstić information content (AvgIpc) is 3.55. The first kappa shape index (κ1) is 21.1. The fourth-order valence-electron chi connectivity index (χ4n) is 3.82. The van der Waals surface area contributed by atoms with E-state index in [9.17, 15) is 8.42 Å². The molecule has 162 valence electrons. The maximum absolute atomic E-state index is 12.2. The number of fused-ring (bicyclic) bond motifs is 1. The van der Waals surface area contributed by atoms with E-state index < -0.39 is 10.0 Å². The lowest BCUT2D eigenvalue weighted by atomic mass is 10.1. The minimum atomic E-state index is -3.22. The van der Waals surface area contributed by atoms with Crippen LogP contribution in [0.3, 0.4) is 0 Å². The molecule has 1 aromatic heterocycles. The molecule has 1 fully saturated rings. The summed E-state index contributed by atoms with van der Waals surface area (Å²) in [4.78, 5) is 6.86. The number of nitrogens with zero attached hydrogens (tertiary/aromatic N) is 3. The van der Waals surface area contributed by atoms with Crippen LogP contribution in [-0.2, 0) is 29.7 Å². The summed E-state index contributed by atoms with van der Waals surface area (Å²) in [7, 11) is -1.60. The highest BCUT2D eigenvalue weighted by Crippen LogP contribution is 2.32. The highest BCUT2D eigenvalue weighted by Gasteiger charge is 2.35. The molecule has 1 saturated carbocycles. The maximum Gasteiger partial charge on any atom is 0.213 e. The van der Waals surface area contributed by atoms with Gasteiger partial charge in [-0.2, -0.15) is 4.31 Å². The number of ether oxygens (including phenoxy) is 2. The van der Waals surface area contributed by atoms with Gasteiger partial charge in [0.1, 0.15) is 12.4 Å². The van der Waals surface area contributed by atoms with E-state index in [2.05, 4.69) is 22.9 Å². The monoisotopic (exact) mass is 431 g/mol. The first-order chi connectivity index (χ1) is 14.3. The maximum atomic E-state index is 12.2.